The molecular weight excluding hydrogens is 456 g/mol. The third kappa shape index (κ3) is 5.80. The highest BCUT2D eigenvalue weighted by Crippen LogP contribution is 2.21. The summed E-state index contributed by atoms with van der Waals surface area (Å²) in [6.45, 7) is 0. The van der Waals surface area contributed by atoms with Crippen LogP contribution in [-0.2, 0) is 10.0 Å². The van der Waals surface area contributed by atoms with Crippen molar-refractivity contribution in [2.75, 3.05) is 15.4 Å². The fourth-order valence-electron chi connectivity index (χ4n) is 2.32. The molecule has 0 spiro atoms. The van der Waals surface area contributed by atoms with Crippen molar-refractivity contribution in [2.24, 2.45) is 0 Å². The van der Waals surface area contributed by atoms with Crippen molar-refractivity contribution in [1.82, 2.24) is 0 Å². The molecule has 29 heavy (non-hydrogen) atoms. The number of thiocarbonyl (C=S) groups is 1. The molecule has 3 rings (SSSR count). The highest BCUT2D eigenvalue weighted by atomic mass is 35.5. The molecule has 0 amide bonds. The van der Waals surface area contributed by atoms with Crippen LogP contribution in [-0.4, -0.2) is 13.5 Å². The van der Waals surface area contributed by atoms with Gasteiger partial charge in [0.25, 0.3) is 10.0 Å². The minimum absolute atomic E-state index is 0.0124. The molecule has 0 aliphatic heterocycles. The van der Waals surface area contributed by atoms with Crippen LogP contribution < -0.4 is 15.4 Å². The largest absolute Gasteiger partial charge is 0.332 e. The number of nitrogens with one attached hydrogen (secondary N) is 3. The first-order valence-electron chi connectivity index (χ1n) is 8.14. The number of anilines is 3. The Morgan fingerprint density at radius 1 is 0.828 bits per heavy atom. The van der Waals surface area contributed by atoms with E-state index in [-0.39, 0.29) is 15.0 Å². The molecule has 0 fully saturated rings. The van der Waals surface area contributed by atoms with Crippen LogP contribution in [0.4, 0.5) is 21.5 Å². The molecule has 3 aromatic rings. The Hall–Kier alpha value is -2.39. The average molecular weight is 470 g/mol. The van der Waals surface area contributed by atoms with Gasteiger partial charge in [0.15, 0.2) is 5.11 Å². The quantitative estimate of drug-likeness (QED) is 0.415. The van der Waals surface area contributed by atoms with Gasteiger partial charge in [0.05, 0.1) is 9.92 Å². The monoisotopic (exact) mass is 469 g/mol. The van der Waals surface area contributed by atoms with Crippen LogP contribution in [0.1, 0.15) is 0 Å². The Bertz CT molecular complexity index is 1140. The van der Waals surface area contributed by atoms with Crippen LogP contribution in [0.2, 0.25) is 10.0 Å². The molecule has 5 nitrogen and oxygen atoms in total. The van der Waals surface area contributed by atoms with Crippen molar-refractivity contribution in [2.45, 2.75) is 4.90 Å². The van der Waals surface area contributed by atoms with Gasteiger partial charge in [-0.3, -0.25) is 4.72 Å². The maximum atomic E-state index is 13.5. The smallest absolute Gasteiger partial charge is 0.261 e. The van der Waals surface area contributed by atoms with E-state index >= 15 is 0 Å². The standard InChI is InChI=1S/C19H14Cl2FN3O2S2/c20-12-1-3-14(4-2-12)25-29(26,27)16-8-5-13(6-9-16)23-19(28)24-15-7-10-17(21)18(22)11-15/h1-11,25H,(H2,23,24,28). The molecule has 0 atom stereocenters. The van der Waals surface area contributed by atoms with Gasteiger partial charge >= 0.3 is 0 Å². The molecular formula is C19H14Cl2FN3O2S2. The predicted octanol–water partition coefficient (Wildman–Crippen LogP) is 5.74. The number of hydrogen-bond acceptors (Lipinski definition) is 3. The average Bonchev–Trinajstić information content (AvgIpc) is 2.67. The van der Waals surface area contributed by atoms with E-state index in [1.165, 1.54) is 24.3 Å². The van der Waals surface area contributed by atoms with Crippen LogP contribution >= 0.6 is 35.4 Å². The van der Waals surface area contributed by atoms with Gasteiger partial charge in [0, 0.05) is 22.1 Å². The number of sulfonamides is 1. The molecule has 3 aromatic carbocycles. The van der Waals surface area contributed by atoms with Crippen molar-refractivity contribution in [1.29, 1.82) is 0 Å². The van der Waals surface area contributed by atoms with Gasteiger partial charge in [-0.05, 0) is 78.9 Å². The molecule has 0 aliphatic carbocycles. The highest BCUT2D eigenvalue weighted by molar-refractivity contribution is 7.92. The number of benzene rings is 3. The van der Waals surface area contributed by atoms with E-state index in [9.17, 15) is 12.8 Å². The Morgan fingerprint density at radius 2 is 1.38 bits per heavy atom. The summed E-state index contributed by atoms with van der Waals surface area (Å²) in [5.41, 5.74) is 1.38. The number of halogens is 3. The summed E-state index contributed by atoms with van der Waals surface area (Å²) in [7, 11) is -3.75. The van der Waals surface area contributed by atoms with E-state index in [1.807, 2.05) is 0 Å². The van der Waals surface area contributed by atoms with Crippen molar-refractivity contribution >= 4 is 67.6 Å². The topological polar surface area (TPSA) is 70.2 Å². The lowest BCUT2D eigenvalue weighted by molar-refractivity contribution is 0.601. The summed E-state index contributed by atoms with van der Waals surface area (Å²) >= 11 is 16.6. The second kappa shape index (κ2) is 8.96. The second-order valence-corrected chi connectivity index (χ2v) is 8.78. The van der Waals surface area contributed by atoms with Crippen molar-refractivity contribution < 1.29 is 12.8 Å². The number of hydrogen-bond donors (Lipinski definition) is 3. The van der Waals surface area contributed by atoms with E-state index in [2.05, 4.69) is 15.4 Å². The lowest BCUT2D eigenvalue weighted by Gasteiger charge is -2.12. The lowest BCUT2D eigenvalue weighted by Crippen LogP contribution is -2.19. The first-order chi connectivity index (χ1) is 13.7. The third-order valence-corrected chi connectivity index (χ3v) is 5.86. The zero-order chi connectivity index (χ0) is 21.0. The summed E-state index contributed by atoms with van der Waals surface area (Å²) < 4.78 is 40.9. The van der Waals surface area contributed by atoms with Crippen LogP contribution in [0.25, 0.3) is 0 Å². The van der Waals surface area contributed by atoms with Crippen molar-refractivity contribution in [3.63, 3.8) is 0 Å². The molecule has 0 saturated heterocycles. The molecule has 0 aliphatic rings. The molecule has 0 radical (unpaired) electrons. The van der Waals surface area contributed by atoms with Gasteiger partial charge in [-0.15, -0.1) is 0 Å². The summed E-state index contributed by atoms with van der Waals surface area (Å²) in [6.07, 6.45) is 0. The zero-order valence-corrected chi connectivity index (χ0v) is 17.8. The van der Waals surface area contributed by atoms with Crippen molar-refractivity contribution in [3.8, 4) is 0 Å². The van der Waals surface area contributed by atoms with E-state index in [0.29, 0.717) is 22.1 Å². The Kier molecular flexibility index (Phi) is 6.59. The van der Waals surface area contributed by atoms with E-state index < -0.39 is 15.8 Å². The fraction of sp³-hybridized carbons (Fsp3) is 0. The lowest BCUT2D eigenvalue weighted by atomic mass is 10.3. The van der Waals surface area contributed by atoms with Gasteiger partial charge in [0.1, 0.15) is 5.82 Å². The molecule has 10 heteroatoms. The van der Waals surface area contributed by atoms with E-state index in [0.717, 1.165) is 0 Å². The second-order valence-electron chi connectivity index (χ2n) is 5.84. The van der Waals surface area contributed by atoms with Gasteiger partial charge in [-0.25, -0.2) is 12.8 Å². The molecule has 0 saturated carbocycles. The van der Waals surface area contributed by atoms with E-state index in [1.54, 1.807) is 42.5 Å². The molecule has 0 unspecified atom stereocenters. The zero-order valence-electron chi connectivity index (χ0n) is 14.6. The predicted molar refractivity (Wildman–Crippen MR) is 120 cm³/mol. The molecule has 3 N–H and O–H groups in total. The Balaban J connectivity index is 1.65. The minimum Gasteiger partial charge on any atom is -0.332 e. The molecule has 0 aromatic heterocycles. The summed E-state index contributed by atoms with van der Waals surface area (Å²) in [5.74, 6) is -0.567. The van der Waals surface area contributed by atoms with Crippen LogP contribution in [0.3, 0.4) is 0 Å². The van der Waals surface area contributed by atoms with Crippen LogP contribution in [0.5, 0.6) is 0 Å². The van der Waals surface area contributed by atoms with Gasteiger partial charge in [-0.1, -0.05) is 23.2 Å². The van der Waals surface area contributed by atoms with Gasteiger partial charge < -0.3 is 10.6 Å². The molecule has 150 valence electrons. The Morgan fingerprint density at radius 3 is 2.00 bits per heavy atom. The summed E-state index contributed by atoms with van der Waals surface area (Å²) in [5, 5.41) is 6.45. The minimum atomic E-state index is -3.75. The van der Waals surface area contributed by atoms with Crippen LogP contribution in [0.15, 0.2) is 71.6 Å². The van der Waals surface area contributed by atoms with Crippen LogP contribution in [0, 0.1) is 5.82 Å². The maximum absolute atomic E-state index is 13.5. The Labute approximate surface area is 182 Å². The van der Waals surface area contributed by atoms with Gasteiger partial charge in [0.2, 0.25) is 0 Å². The van der Waals surface area contributed by atoms with E-state index in [4.69, 9.17) is 35.4 Å². The highest BCUT2D eigenvalue weighted by Gasteiger charge is 2.14. The molecule has 0 bridgehead atoms. The maximum Gasteiger partial charge on any atom is 0.261 e. The normalized spacial score (nSPS) is 11.0. The fourth-order valence-corrected chi connectivity index (χ4v) is 3.85. The molecule has 0 heterocycles. The number of rotatable bonds is 5. The SMILES string of the molecule is O=S(=O)(Nc1ccc(Cl)cc1)c1ccc(NC(=S)Nc2ccc(Cl)c(F)c2)cc1. The van der Waals surface area contributed by atoms with Crippen molar-refractivity contribution in [3.05, 3.63) is 82.6 Å². The third-order valence-electron chi connectivity index (χ3n) is 3.70. The summed E-state index contributed by atoms with van der Waals surface area (Å²) in [4.78, 5) is 0.0802. The summed E-state index contributed by atoms with van der Waals surface area (Å²) in [6, 6.07) is 16.5. The first-order valence-corrected chi connectivity index (χ1v) is 10.8. The first kappa shape index (κ1) is 21.3. The van der Waals surface area contributed by atoms with Gasteiger partial charge in [-0.2, -0.15) is 0 Å².